The van der Waals surface area contributed by atoms with Crippen molar-refractivity contribution in [2.45, 2.75) is 20.3 Å². The van der Waals surface area contributed by atoms with Gasteiger partial charge in [0.15, 0.2) is 5.58 Å². The number of H-pyrrole nitrogens is 1. The molecule has 0 aliphatic heterocycles. The molecule has 0 unspecified atom stereocenters. The second kappa shape index (κ2) is 7.37. The predicted molar refractivity (Wildman–Crippen MR) is 114 cm³/mol. The number of nitrogens with one attached hydrogen (secondary N) is 1. The van der Waals surface area contributed by atoms with E-state index in [1.54, 1.807) is 36.4 Å². The molecule has 0 spiro atoms. The van der Waals surface area contributed by atoms with Gasteiger partial charge in [-0.15, -0.1) is 0 Å². The quantitative estimate of drug-likeness (QED) is 0.501. The summed E-state index contributed by atoms with van der Waals surface area (Å²) in [6.07, 6.45) is 0.520. The van der Waals surface area contributed by atoms with E-state index in [1.165, 1.54) is 6.07 Å². The van der Waals surface area contributed by atoms with Gasteiger partial charge in [-0.3, -0.25) is 4.79 Å². The molecule has 2 aromatic heterocycles. The fourth-order valence-electron chi connectivity index (χ4n) is 3.76. The van der Waals surface area contributed by atoms with Crippen molar-refractivity contribution >= 4 is 11.0 Å². The Morgan fingerprint density at radius 2 is 1.87 bits per heavy atom. The molecular formula is C24H18N2O4. The number of aromatic hydroxyl groups is 1. The highest BCUT2D eigenvalue weighted by Crippen LogP contribution is 2.37. The molecule has 2 aromatic carbocycles. The number of phenols is 1. The molecule has 0 saturated carbocycles. The van der Waals surface area contributed by atoms with Crippen molar-refractivity contribution in [2.24, 2.45) is 0 Å². The van der Waals surface area contributed by atoms with Crippen LogP contribution >= 0.6 is 0 Å². The van der Waals surface area contributed by atoms with Crippen LogP contribution in [0.2, 0.25) is 0 Å². The molecule has 6 heteroatoms. The first-order valence-corrected chi connectivity index (χ1v) is 9.47. The molecule has 0 bridgehead atoms. The summed E-state index contributed by atoms with van der Waals surface area (Å²) in [4.78, 5) is 27.8. The third kappa shape index (κ3) is 2.97. The molecule has 0 saturated heterocycles. The van der Waals surface area contributed by atoms with Crippen LogP contribution in [0, 0.1) is 18.3 Å². The average Bonchev–Trinajstić information content (AvgIpc) is 2.74. The Bertz CT molecular complexity index is 1440. The van der Waals surface area contributed by atoms with E-state index >= 15 is 0 Å². The van der Waals surface area contributed by atoms with Gasteiger partial charge in [0.2, 0.25) is 0 Å². The van der Waals surface area contributed by atoms with Gasteiger partial charge in [-0.2, -0.15) is 5.26 Å². The van der Waals surface area contributed by atoms with Crippen molar-refractivity contribution in [1.82, 2.24) is 4.98 Å². The molecule has 0 atom stereocenters. The number of aryl methyl sites for hydroxylation is 1. The molecule has 6 nitrogen and oxygen atoms in total. The first-order valence-electron chi connectivity index (χ1n) is 9.47. The lowest BCUT2D eigenvalue weighted by Crippen LogP contribution is -2.13. The van der Waals surface area contributed by atoms with E-state index in [2.05, 4.69) is 4.98 Å². The van der Waals surface area contributed by atoms with Crippen LogP contribution in [0.1, 0.15) is 23.6 Å². The maximum absolute atomic E-state index is 12.7. The Morgan fingerprint density at radius 3 is 2.53 bits per heavy atom. The Morgan fingerprint density at radius 1 is 1.13 bits per heavy atom. The second-order valence-corrected chi connectivity index (χ2v) is 6.96. The van der Waals surface area contributed by atoms with E-state index in [9.17, 15) is 20.0 Å². The van der Waals surface area contributed by atoms with Crippen LogP contribution < -0.4 is 11.2 Å². The average molecular weight is 398 g/mol. The zero-order chi connectivity index (χ0) is 21.4. The lowest BCUT2D eigenvalue weighted by molar-refractivity contribution is 0.474. The molecule has 2 heterocycles. The van der Waals surface area contributed by atoms with Crippen molar-refractivity contribution in [1.29, 1.82) is 5.26 Å². The zero-order valence-corrected chi connectivity index (χ0v) is 16.4. The number of fused-ring (bicyclic) bond motifs is 1. The minimum absolute atomic E-state index is 0.0319. The Balaban J connectivity index is 2.10. The number of hydrogen-bond acceptors (Lipinski definition) is 5. The molecule has 0 radical (unpaired) electrons. The Hall–Kier alpha value is -4.11. The molecule has 4 aromatic rings. The number of hydrogen-bond donors (Lipinski definition) is 2. The van der Waals surface area contributed by atoms with E-state index in [4.69, 9.17) is 4.42 Å². The number of phenolic OH excluding ortho intramolecular Hbond substituents is 1. The molecule has 30 heavy (non-hydrogen) atoms. The zero-order valence-electron chi connectivity index (χ0n) is 16.4. The fourth-order valence-corrected chi connectivity index (χ4v) is 3.76. The largest absolute Gasteiger partial charge is 0.507 e. The Labute approximate surface area is 171 Å². The van der Waals surface area contributed by atoms with Crippen LogP contribution in [0.4, 0.5) is 0 Å². The van der Waals surface area contributed by atoms with Gasteiger partial charge in [0.1, 0.15) is 17.4 Å². The van der Waals surface area contributed by atoms with E-state index in [1.807, 2.05) is 26.0 Å². The summed E-state index contributed by atoms with van der Waals surface area (Å²) in [5, 5.41) is 20.8. The normalized spacial score (nSPS) is 10.8. The standard InChI is InChI=1S/C24H18N2O4/c1-3-15-13(2)16-9-10-20(27)21(22(16)30-24(15)29)19-11-17(14-7-5-4-6-8-14)18(12-25)23(28)26-19/h4-11,27H,3H2,1-2H3,(H,26,28). The minimum atomic E-state index is -0.588. The maximum Gasteiger partial charge on any atom is 0.339 e. The number of pyridine rings is 1. The predicted octanol–water partition coefficient (Wildman–Crippen LogP) is 4.26. The molecule has 0 amide bonds. The molecule has 4 rings (SSSR count). The highest BCUT2D eigenvalue weighted by atomic mass is 16.4. The summed E-state index contributed by atoms with van der Waals surface area (Å²) in [5.74, 6) is -0.145. The highest BCUT2D eigenvalue weighted by molar-refractivity contribution is 5.97. The third-order valence-corrected chi connectivity index (χ3v) is 5.29. The van der Waals surface area contributed by atoms with Gasteiger partial charge < -0.3 is 14.5 Å². The van der Waals surface area contributed by atoms with Crippen molar-refractivity contribution < 1.29 is 9.52 Å². The molecular weight excluding hydrogens is 380 g/mol. The van der Waals surface area contributed by atoms with Crippen molar-refractivity contribution in [3.05, 3.63) is 86.0 Å². The molecule has 148 valence electrons. The summed E-state index contributed by atoms with van der Waals surface area (Å²) >= 11 is 0. The minimum Gasteiger partial charge on any atom is -0.507 e. The first-order chi connectivity index (χ1) is 14.5. The Kier molecular flexibility index (Phi) is 4.72. The van der Waals surface area contributed by atoms with Crippen LogP contribution in [0.3, 0.4) is 0 Å². The van der Waals surface area contributed by atoms with Crippen molar-refractivity contribution in [3.8, 4) is 34.2 Å². The highest BCUT2D eigenvalue weighted by Gasteiger charge is 2.20. The molecule has 0 aliphatic carbocycles. The summed E-state index contributed by atoms with van der Waals surface area (Å²) in [7, 11) is 0. The summed E-state index contributed by atoms with van der Waals surface area (Å²) in [6.45, 7) is 3.70. The third-order valence-electron chi connectivity index (χ3n) is 5.29. The first kappa shape index (κ1) is 19.2. The van der Waals surface area contributed by atoms with E-state index in [0.717, 1.165) is 5.56 Å². The number of benzene rings is 2. The van der Waals surface area contributed by atoms with E-state index in [-0.39, 0.29) is 28.2 Å². The van der Waals surface area contributed by atoms with Gasteiger partial charge in [0.25, 0.3) is 5.56 Å². The van der Waals surface area contributed by atoms with Gasteiger partial charge in [-0.1, -0.05) is 37.3 Å². The van der Waals surface area contributed by atoms with Crippen molar-refractivity contribution in [2.75, 3.05) is 0 Å². The van der Waals surface area contributed by atoms with Crippen LogP contribution in [-0.2, 0) is 6.42 Å². The van der Waals surface area contributed by atoms with Crippen molar-refractivity contribution in [3.63, 3.8) is 0 Å². The van der Waals surface area contributed by atoms with Gasteiger partial charge in [0, 0.05) is 16.5 Å². The number of aromatic nitrogens is 1. The van der Waals surface area contributed by atoms with Gasteiger partial charge in [-0.05, 0) is 42.7 Å². The van der Waals surface area contributed by atoms with Crippen LogP contribution in [-0.4, -0.2) is 10.1 Å². The molecule has 2 N–H and O–H groups in total. The summed E-state index contributed by atoms with van der Waals surface area (Å²) < 4.78 is 5.57. The topological polar surface area (TPSA) is 107 Å². The van der Waals surface area contributed by atoms with E-state index < -0.39 is 11.2 Å². The summed E-state index contributed by atoms with van der Waals surface area (Å²) in [5.41, 5.74) is 2.00. The molecule has 0 fully saturated rings. The fraction of sp³-hybridized carbons (Fsp3) is 0.125. The summed E-state index contributed by atoms with van der Waals surface area (Å²) in [6, 6.07) is 15.8. The number of aromatic amines is 1. The van der Waals surface area contributed by atoms with Gasteiger partial charge in [0.05, 0.1) is 11.3 Å². The lowest BCUT2D eigenvalue weighted by atomic mass is 9.96. The van der Waals surface area contributed by atoms with Crippen LogP contribution in [0.25, 0.3) is 33.4 Å². The SMILES string of the molecule is CCc1c(C)c2ccc(O)c(-c3cc(-c4ccccc4)c(C#N)c(=O)[nH]3)c2oc1=O. The number of rotatable bonds is 3. The van der Waals surface area contributed by atoms with Crippen LogP contribution in [0.15, 0.2) is 62.5 Å². The van der Waals surface area contributed by atoms with Crippen LogP contribution in [0.5, 0.6) is 5.75 Å². The lowest BCUT2D eigenvalue weighted by Gasteiger charge is -2.13. The second-order valence-electron chi connectivity index (χ2n) is 6.96. The molecule has 0 aliphatic rings. The smallest absolute Gasteiger partial charge is 0.339 e. The number of nitrogens with zero attached hydrogens (tertiary/aromatic N) is 1. The van der Waals surface area contributed by atoms with Gasteiger partial charge >= 0.3 is 5.63 Å². The van der Waals surface area contributed by atoms with E-state index in [0.29, 0.717) is 28.5 Å². The van der Waals surface area contributed by atoms with Gasteiger partial charge in [-0.25, -0.2) is 4.79 Å². The monoisotopic (exact) mass is 398 g/mol. The maximum atomic E-state index is 12.7. The number of nitriles is 1.